The highest BCUT2D eigenvalue weighted by Gasteiger charge is 2.29. The van der Waals surface area contributed by atoms with E-state index in [1.165, 1.54) is 31.4 Å². The Hall–Kier alpha value is -3.73. The van der Waals surface area contributed by atoms with Crippen molar-refractivity contribution < 1.29 is 19.6 Å². The minimum atomic E-state index is -0.526. The Balaban J connectivity index is 1.55. The fraction of sp³-hybridized carbons (Fsp3) is 0.292. The largest absolute Gasteiger partial charge is 0.507 e. The van der Waals surface area contributed by atoms with Crippen molar-refractivity contribution in [1.29, 1.82) is 0 Å². The van der Waals surface area contributed by atoms with Gasteiger partial charge in [-0.2, -0.15) is 0 Å². The Bertz CT molecular complexity index is 1310. The van der Waals surface area contributed by atoms with E-state index in [-0.39, 0.29) is 46.2 Å². The third kappa shape index (κ3) is 5.19. The lowest BCUT2D eigenvalue weighted by atomic mass is 9.90. The Morgan fingerprint density at radius 1 is 1.14 bits per heavy atom. The first kappa shape index (κ1) is 24.4. The third-order valence-electron chi connectivity index (χ3n) is 6.11. The molecule has 10 nitrogen and oxygen atoms in total. The number of aromatic nitrogens is 1. The zero-order valence-corrected chi connectivity index (χ0v) is 20.5. The van der Waals surface area contributed by atoms with E-state index in [1.54, 1.807) is 18.3 Å². The molecule has 1 aromatic heterocycles. The number of carbonyl (C=O) groups is 2. The highest BCUT2D eigenvalue weighted by atomic mass is 79.9. The Labute approximate surface area is 209 Å². The van der Waals surface area contributed by atoms with Gasteiger partial charge in [-0.25, -0.2) is 0 Å². The standard InChI is InChI=1S/C24H24BrN5O5/c1-26-23(32)17-8-14(25)9-19(30(34)35)22(17)28-15-5-3-6-16(10-15)29-24(33)18-12-27-11-13-4-2-7-20(31)21(13)18/h2,4,7-9,11-12,15-16,28,31H,3,5-6,10H2,1H3,(H,26,32)(H,29,33)/t15-,16+/m1/s1. The van der Waals surface area contributed by atoms with Crippen molar-refractivity contribution in [2.24, 2.45) is 0 Å². The molecule has 2 amide bonds. The molecule has 182 valence electrons. The summed E-state index contributed by atoms with van der Waals surface area (Å²) in [6, 6.07) is 7.48. The number of hydrogen-bond donors (Lipinski definition) is 4. The van der Waals surface area contributed by atoms with Gasteiger partial charge in [-0.15, -0.1) is 0 Å². The number of hydrogen-bond acceptors (Lipinski definition) is 7. The number of carbonyl (C=O) groups excluding carboxylic acids is 2. The molecule has 4 N–H and O–H groups in total. The van der Waals surface area contributed by atoms with Crippen LogP contribution in [0, 0.1) is 10.1 Å². The van der Waals surface area contributed by atoms with Gasteiger partial charge in [-0.3, -0.25) is 24.7 Å². The van der Waals surface area contributed by atoms with Crippen molar-refractivity contribution in [2.75, 3.05) is 12.4 Å². The Morgan fingerprint density at radius 2 is 1.91 bits per heavy atom. The number of nitro groups is 1. The summed E-state index contributed by atoms with van der Waals surface area (Å²) < 4.78 is 0.425. The zero-order valence-electron chi connectivity index (χ0n) is 18.9. The van der Waals surface area contributed by atoms with E-state index in [2.05, 4.69) is 36.9 Å². The molecule has 1 aliphatic carbocycles. The molecule has 35 heavy (non-hydrogen) atoms. The predicted octanol–water partition coefficient (Wildman–Crippen LogP) is 4.12. The van der Waals surface area contributed by atoms with Crippen LogP contribution in [0.2, 0.25) is 0 Å². The number of nitrogens with one attached hydrogen (secondary N) is 3. The average molecular weight is 542 g/mol. The summed E-state index contributed by atoms with van der Waals surface area (Å²) in [6.07, 6.45) is 5.76. The van der Waals surface area contributed by atoms with Gasteiger partial charge in [-0.05, 0) is 37.8 Å². The van der Waals surface area contributed by atoms with E-state index < -0.39 is 10.8 Å². The Morgan fingerprint density at radius 3 is 2.66 bits per heavy atom. The second-order valence-electron chi connectivity index (χ2n) is 8.42. The van der Waals surface area contributed by atoms with Crippen LogP contribution in [0.25, 0.3) is 10.8 Å². The molecule has 0 aliphatic heterocycles. The molecule has 3 aromatic rings. The molecule has 1 heterocycles. The maximum absolute atomic E-state index is 13.1. The topological polar surface area (TPSA) is 146 Å². The highest BCUT2D eigenvalue weighted by molar-refractivity contribution is 9.10. The van der Waals surface area contributed by atoms with E-state index in [1.807, 2.05) is 0 Å². The molecule has 1 saturated carbocycles. The quantitative estimate of drug-likeness (QED) is 0.271. The number of phenols is 1. The molecule has 11 heteroatoms. The van der Waals surface area contributed by atoms with Gasteiger partial charge in [0.05, 0.1) is 16.1 Å². The fourth-order valence-electron chi connectivity index (χ4n) is 4.51. The first-order valence-corrected chi connectivity index (χ1v) is 11.9. The summed E-state index contributed by atoms with van der Waals surface area (Å²) in [5, 5.41) is 31.8. The number of nitro benzene ring substituents is 1. The lowest BCUT2D eigenvalue weighted by Gasteiger charge is -2.31. The van der Waals surface area contributed by atoms with E-state index in [9.17, 15) is 24.8 Å². The minimum absolute atomic E-state index is 0.00233. The summed E-state index contributed by atoms with van der Waals surface area (Å²) in [7, 11) is 1.46. The number of phenolic OH excluding ortho intramolecular Hbond substituents is 1. The normalized spacial score (nSPS) is 17.5. The molecule has 0 radical (unpaired) electrons. The molecule has 4 rings (SSSR count). The molecule has 0 saturated heterocycles. The van der Waals surface area contributed by atoms with Crippen LogP contribution in [-0.2, 0) is 0 Å². The van der Waals surface area contributed by atoms with Crippen molar-refractivity contribution in [3.8, 4) is 5.75 Å². The van der Waals surface area contributed by atoms with Gasteiger partial charge >= 0.3 is 0 Å². The van der Waals surface area contributed by atoms with Gasteiger partial charge in [0.15, 0.2) is 0 Å². The van der Waals surface area contributed by atoms with Crippen LogP contribution >= 0.6 is 15.9 Å². The van der Waals surface area contributed by atoms with Crippen molar-refractivity contribution in [3.05, 3.63) is 68.4 Å². The number of aromatic hydroxyl groups is 1. The maximum atomic E-state index is 13.1. The number of anilines is 1. The number of benzene rings is 2. The fourth-order valence-corrected chi connectivity index (χ4v) is 4.95. The summed E-state index contributed by atoms with van der Waals surface area (Å²) in [5.41, 5.74) is 0.386. The summed E-state index contributed by atoms with van der Waals surface area (Å²) in [4.78, 5) is 40.8. The van der Waals surface area contributed by atoms with Crippen molar-refractivity contribution >= 4 is 49.9 Å². The van der Waals surface area contributed by atoms with Gasteiger partial charge in [0.1, 0.15) is 11.4 Å². The van der Waals surface area contributed by atoms with Crippen molar-refractivity contribution in [2.45, 2.75) is 37.8 Å². The average Bonchev–Trinajstić information content (AvgIpc) is 2.84. The van der Waals surface area contributed by atoms with Gasteiger partial charge in [0.2, 0.25) is 0 Å². The highest BCUT2D eigenvalue weighted by Crippen LogP contribution is 2.35. The number of halogens is 1. The maximum Gasteiger partial charge on any atom is 0.294 e. The van der Waals surface area contributed by atoms with Crippen LogP contribution in [0.3, 0.4) is 0 Å². The number of nitrogens with zero attached hydrogens (tertiary/aromatic N) is 2. The summed E-state index contributed by atoms with van der Waals surface area (Å²) in [6.45, 7) is 0. The van der Waals surface area contributed by atoms with Crippen molar-refractivity contribution in [3.63, 3.8) is 0 Å². The van der Waals surface area contributed by atoms with E-state index in [0.717, 1.165) is 19.3 Å². The van der Waals surface area contributed by atoms with E-state index in [0.29, 0.717) is 21.7 Å². The number of amides is 2. The first-order valence-electron chi connectivity index (χ1n) is 11.1. The molecule has 0 bridgehead atoms. The predicted molar refractivity (Wildman–Crippen MR) is 135 cm³/mol. The molecule has 1 aliphatic rings. The van der Waals surface area contributed by atoms with Crippen LogP contribution in [-0.4, -0.2) is 46.0 Å². The smallest absolute Gasteiger partial charge is 0.294 e. The molecular weight excluding hydrogens is 518 g/mol. The van der Waals surface area contributed by atoms with Gasteiger partial charge in [-0.1, -0.05) is 28.1 Å². The summed E-state index contributed by atoms with van der Waals surface area (Å²) >= 11 is 3.24. The Kier molecular flexibility index (Phi) is 7.15. The lowest BCUT2D eigenvalue weighted by molar-refractivity contribution is -0.384. The van der Waals surface area contributed by atoms with Crippen LogP contribution < -0.4 is 16.0 Å². The minimum Gasteiger partial charge on any atom is -0.507 e. The first-order chi connectivity index (χ1) is 16.8. The third-order valence-corrected chi connectivity index (χ3v) is 6.57. The van der Waals surface area contributed by atoms with Crippen LogP contribution in [0.15, 0.2) is 47.2 Å². The monoisotopic (exact) mass is 541 g/mol. The van der Waals surface area contributed by atoms with E-state index >= 15 is 0 Å². The number of rotatable bonds is 6. The number of pyridine rings is 1. The SMILES string of the molecule is CNC(=O)c1cc(Br)cc([N+](=O)[O-])c1N[C@@H]1CCC[C@H](NC(=O)c2cncc3cccc(O)c23)C1. The van der Waals surface area contributed by atoms with Crippen LogP contribution in [0.1, 0.15) is 46.4 Å². The molecule has 2 atom stereocenters. The van der Waals surface area contributed by atoms with Gasteiger partial charge in [0.25, 0.3) is 17.5 Å². The summed E-state index contributed by atoms with van der Waals surface area (Å²) in [5.74, 6) is -0.792. The molecule has 2 aromatic carbocycles. The second kappa shape index (κ2) is 10.3. The number of fused-ring (bicyclic) bond motifs is 1. The van der Waals surface area contributed by atoms with Crippen LogP contribution in [0.4, 0.5) is 11.4 Å². The second-order valence-corrected chi connectivity index (χ2v) is 9.34. The lowest BCUT2D eigenvalue weighted by Crippen LogP contribution is -2.42. The van der Waals surface area contributed by atoms with Crippen molar-refractivity contribution in [1.82, 2.24) is 15.6 Å². The van der Waals surface area contributed by atoms with Gasteiger partial charge in [0, 0.05) is 52.8 Å². The molecule has 0 spiro atoms. The molecule has 1 fully saturated rings. The molecule has 0 unspecified atom stereocenters. The van der Waals surface area contributed by atoms with Gasteiger partial charge < -0.3 is 21.1 Å². The zero-order chi connectivity index (χ0) is 25.1. The van der Waals surface area contributed by atoms with E-state index in [4.69, 9.17) is 0 Å². The van der Waals surface area contributed by atoms with Crippen LogP contribution in [0.5, 0.6) is 5.75 Å². The molecular formula is C24H24BrN5O5.